The molecule has 3 nitrogen and oxygen atoms in total. The smallest absolute Gasteiger partial charge is 0.181 e. The van der Waals surface area contributed by atoms with E-state index < -0.39 is 20.9 Å². The van der Waals surface area contributed by atoms with Gasteiger partial charge in [-0.1, -0.05) is 0 Å². The van der Waals surface area contributed by atoms with Crippen LogP contribution < -0.4 is 5.32 Å². The molecule has 0 aliphatic carbocycles. The van der Waals surface area contributed by atoms with Gasteiger partial charge in [-0.15, -0.1) is 0 Å². The van der Waals surface area contributed by atoms with E-state index >= 15 is 0 Å². The number of halogens is 1. The molecular weight excluding hydrogens is 241 g/mol. The van der Waals surface area contributed by atoms with Gasteiger partial charge in [-0.2, -0.15) is 0 Å². The van der Waals surface area contributed by atoms with Gasteiger partial charge in [0.05, 0.1) is 10.1 Å². The summed E-state index contributed by atoms with van der Waals surface area (Å²) in [4.78, 5) is 0.176. The molecule has 0 amide bonds. The standard InChI is InChI=1S/C12H18FNO2S/c1-9(14-3)8-10(2)17(15,16)12-6-4-11(13)5-7-12/h4-7,9-10,14H,8H2,1-3H3. The molecule has 1 aromatic carbocycles. The number of sulfone groups is 1. The first kappa shape index (κ1) is 14.1. The maximum Gasteiger partial charge on any atom is 0.181 e. The minimum atomic E-state index is -3.37. The maximum absolute atomic E-state index is 12.7. The van der Waals surface area contributed by atoms with Crippen molar-refractivity contribution >= 4 is 9.84 Å². The summed E-state index contributed by atoms with van der Waals surface area (Å²) in [7, 11) is -1.57. The van der Waals surface area contributed by atoms with E-state index in [0.29, 0.717) is 6.42 Å². The average Bonchev–Trinajstić information content (AvgIpc) is 2.29. The number of rotatable bonds is 5. The molecule has 0 aliphatic heterocycles. The van der Waals surface area contributed by atoms with Crippen molar-refractivity contribution in [2.75, 3.05) is 7.05 Å². The Morgan fingerprint density at radius 1 is 1.24 bits per heavy atom. The zero-order valence-electron chi connectivity index (χ0n) is 10.3. The van der Waals surface area contributed by atoms with Gasteiger partial charge in [0.25, 0.3) is 0 Å². The molecule has 1 N–H and O–H groups in total. The molecule has 96 valence electrons. The van der Waals surface area contributed by atoms with Crippen molar-refractivity contribution in [2.45, 2.75) is 36.5 Å². The van der Waals surface area contributed by atoms with Gasteiger partial charge < -0.3 is 5.32 Å². The van der Waals surface area contributed by atoms with E-state index in [1.165, 1.54) is 24.3 Å². The van der Waals surface area contributed by atoms with Gasteiger partial charge >= 0.3 is 0 Å². The Balaban J connectivity index is 2.91. The molecule has 1 aromatic rings. The van der Waals surface area contributed by atoms with Crippen molar-refractivity contribution in [3.8, 4) is 0 Å². The van der Waals surface area contributed by atoms with Gasteiger partial charge in [0.15, 0.2) is 9.84 Å². The normalized spacial score (nSPS) is 15.5. The third kappa shape index (κ3) is 3.51. The molecule has 2 atom stereocenters. The molecule has 2 unspecified atom stereocenters. The Morgan fingerprint density at radius 2 is 1.76 bits per heavy atom. The van der Waals surface area contributed by atoms with Crippen LogP contribution in [0, 0.1) is 5.82 Å². The lowest BCUT2D eigenvalue weighted by molar-refractivity contribution is 0.530. The van der Waals surface area contributed by atoms with Crippen LogP contribution >= 0.6 is 0 Å². The lowest BCUT2D eigenvalue weighted by Gasteiger charge is -2.17. The second-order valence-corrected chi connectivity index (χ2v) is 6.60. The maximum atomic E-state index is 12.7. The molecule has 0 radical (unpaired) electrons. The van der Waals surface area contributed by atoms with Gasteiger partial charge in [0, 0.05) is 6.04 Å². The van der Waals surface area contributed by atoms with E-state index in [9.17, 15) is 12.8 Å². The van der Waals surface area contributed by atoms with Crippen molar-refractivity contribution in [3.63, 3.8) is 0 Å². The summed E-state index contributed by atoms with van der Waals surface area (Å²) in [5, 5.41) is 2.51. The predicted molar refractivity (Wildman–Crippen MR) is 66.2 cm³/mol. The van der Waals surface area contributed by atoms with Crippen molar-refractivity contribution in [3.05, 3.63) is 30.1 Å². The lowest BCUT2D eigenvalue weighted by Crippen LogP contribution is -2.29. The van der Waals surface area contributed by atoms with Crippen molar-refractivity contribution in [2.24, 2.45) is 0 Å². The summed E-state index contributed by atoms with van der Waals surface area (Å²) < 4.78 is 37.0. The highest BCUT2D eigenvalue weighted by molar-refractivity contribution is 7.92. The van der Waals surface area contributed by atoms with Crippen LogP contribution in [0.5, 0.6) is 0 Å². The molecule has 0 fully saturated rings. The van der Waals surface area contributed by atoms with Crippen molar-refractivity contribution < 1.29 is 12.8 Å². The SMILES string of the molecule is CNC(C)CC(C)S(=O)(=O)c1ccc(F)cc1. The van der Waals surface area contributed by atoms with Crippen LogP contribution in [0.1, 0.15) is 20.3 Å². The third-order valence-electron chi connectivity index (χ3n) is 2.85. The van der Waals surface area contributed by atoms with Gasteiger partial charge in [-0.05, 0) is 51.6 Å². The van der Waals surface area contributed by atoms with E-state index in [1.807, 2.05) is 6.92 Å². The quantitative estimate of drug-likeness (QED) is 0.823. The monoisotopic (exact) mass is 259 g/mol. The largest absolute Gasteiger partial charge is 0.317 e. The van der Waals surface area contributed by atoms with E-state index in [2.05, 4.69) is 5.32 Å². The molecule has 0 bridgehead atoms. The summed E-state index contributed by atoms with van der Waals surface area (Å²) in [6, 6.07) is 5.08. The molecule has 0 aliphatic rings. The summed E-state index contributed by atoms with van der Waals surface area (Å²) in [5.41, 5.74) is 0. The first-order chi connectivity index (χ1) is 7.87. The van der Waals surface area contributed by atoms with Crippen LogP contribution in [0.15, 0.2) is 29.2 Å². The highest BCUT2D eigenvalue weighted by Crippen LogP contribution is 2.19. The molecule has 0 saturated heterocycles. The molecule has 0 saturated carbocycles. The van der Waals surface area contributed by atoms with Crippen LogP contribution in [0.4, 0.5) is 4.39 Å². The number of benzene rings is 1. The van der Waals surface area contributed by atoms with Crippen LogP contribution in [0.25, 0.3) is 0 Å². The molecule has 0 heterocycles. The van der Waals surface area contributed by atoms with Crippen LogP contribution in [0.3, 0.4) is 0 Å². The van der Waals surface area contributed by atoms with Crippen LogP contribution in [-0.2, 0) is 9.84 Å². The second-order valence-electron chi connectivity index (χ2n) is 4.23. The van der Waals surface area contributed by atoms with E-state index in [1.54, 1.807) is 14.0 Å². The molecular formula is C12H18FNO2S. The molecule has 0 spiro atoms. The average molecular weight is 259 g/mol. The minimum absolute atomic E-state index is 0.125. The third-order valence-corrected chi connectivity index (χ3v) is 5.03. The fourth-order valence-electron chi connectivity index (χ4n) is 1.60. The Hall–Kier alpha value is -0.940. The Labute approximate surface area is 102 Å². The van der Waals surface area contributed by atoms with Gasteiger partial charge in [-0.25, -0.2) is 12.8 Å². The number of hydrogen-bond acceptors (Lipinski definition) is 3. The highest BCUT2D eigenvalue weighted by atomic mass is 32.2. The molecule has 17 heavy (non-hydrogen) atoms. The summed E-state index contributed by atoms with van der Waals surface area (Å²) in [6.45, 7) is 3.60. The molecule has 0 aromatic heterocycles. The van der Waals surface area contributed by atoms with E-state index in [4.69, 9.17) is 0 Å². The van der Waals surface area contributed by atoms with E-state index in [0.717, 1.165) is 0 Å². The topological polar surface area (TPSA) is 46.2 Å². The zero-order valence-corrected chi connectivity index (χ0v) is 11.1. The Kier molecular flexibility index (Phi) is 4.65. The van der Waals surface area contributed by atoms with E-state index in [-0.39, 0.29) is 10.9 Å². The molecule has 1 rings (SSSR count). The summed E-state index contributed by atoms with van der Waals surface area (Å²) >= 11 is 0. The zero-order chi connectivity index (χ0) is 13.1. The van der Waals surface area contributed by atoms with Crippen molar-refractivity contribution in [1.82, 2.24) is 5.32 Å². The Morgan fingerprint density at radius 3 is 2.24 bits per heavy atom. The lowest BCUT2D eigenvalue weighted by atomic mass is 10.2. The second kappa shape index (κ2) is 5.60. The fourth-order valence-corrected chi connectivity index (χ4v) is 3.12. The predicted octanol–water partition coefficient (Wildman–Crippen LogP) is 1.99. The summed E-state index contributed by atoms with van der Waals surface area (Å²) in [6.07, 6.45) is 0.524. The van der Waals surface area contributed by atoms with Gasteiger partial charge in [0.1, 0.15) is 5.82 Å². The number of nitrogens with one attached hydrogen (secondary N) is 1. The van der Waals surface area contributed by atoms with Gasteiger partial charge in [0.2, 0.25) is 0 Å². The summed E-state index contributed by atoms with van der Waals surface area (Å²) in [5.74, 6) is -0.430. The van der Waals surface area contributed by atoms with Crippen LogP contribution in [0.2, 0.25) is 0 Å². The minimum Gasteiger partial charge on any atom is -0.317 e. The molecule has 5 heteroatoms. The highest BCUT2D eigenvalue weighted by Gasteiger charge is 2.24. The van der Waals surface area contributed by atoms with Crippen LogP contribution in [-0.4, -0.2) is 26.8 Å². The first-order valence-corrected chi connectivity index (χ1v) is 7.09. The number of hydrogen-bond donors (Lipinski definition) is 1. The fraction of sp³-hybridized carbons (Fsp3) is 0.500. The van der Waals surface area contributed by atoms with Gasteiger partial charge in [-0.3, -0.25) is 0 Å². The Bertz CT molecular complexity index is 456. The van der Waals surface area contributed by atoms with Crippen molar-refractivity contribution in [1.29, 1.82) is 0 Å². The first-order valence-electron chi connectivity index (χ1n) is 5.54.